The smallest absolute Gasteiger partial charge is 0.0233 e. The minimum Gasteiger partial charge on any atom is -0.316 e. The standard InChI is InChI=1S/C18H30N2/c1-3-12-19-13-11-16-5-7-17(8-6-16)14-20(4-2)15-18-9-10-18/h5-8,18-19H,3-4,9-15H2,1-2H3. The summed E-state index contributed by atoms with van der Waals surface area (Å²) in [5.41, 5.74) is 2.90. The Hall–Kier alpha value is -0.860. The first-order chi connectivity index (χ1) is 9.81. The molecule has 0 spiro atoms. The first-order valence-electron chi connectivity index (χ1n) is 8.32. The van der Waals surface area contributed by atoms with Crippen molar-refractivity contribution in [2.75, 3.05) is 26.2 Å². The third kappa shape index (κ3) is 5.64. The van der Waals surface area contributed by atoms with Gasteiger partial charge < -0.3 is 5.32 Å². The predicted octanol–water partition coefficient (Wildman–Crippen LogP) is 3.46. The van der Waals surface area contributed by atoms with Gasteiger partial charge >= 0.3 is 0 Å². The zero-order valence-electron chi connectivity index (χ0n) is 13.2. The fourth-order valence-electron chi connectivity index (χ4n) is 2.58. The highest BCUT2D eigenvalue weighted by molar-refractivity contribution is 5.22. The van der Waals surface area contributed by atoms with Crippen LogP contribution in [0, 0.1) is 5.92 Å². The van der Waals surface area contributed by atoms with Gasteiger partial charge in [-0.05, 0) is 62.4 Å². The lowest BCUT2D eigenvalue weighted by atomic mass is 10.1. The monoisotopic (exact) mass is 274 g/mol. The number of rotatable bonds is 10. The Kier molecular flexibility index (Phi) is 6.55. The molecule has 0 atom stereocenters. The molecule has 0 aliphatic heterocycles. The average molecular weight is 274 g/mol. The quantitative estimate of drug-likeness (QED) is 0.657. The Morgan fingerprint density at radius 1 is 1.05 bits per heavy atom. The van der Waals surface area contributed by atoms with Gasteiger partial charge in [0.1, 0.15) is 0 Å². The van der Waals surface area contributed by atoms with Crippen LogP contribution in [0.5, 0.6) is 0 Å². The number of hydrogen-bond donors (Lipinski definition) is 1. The normalized spacial score (nSPS) is 14.9. The largest absolute Gasteiger partial charge is 0.316 e. The van der Waals surface area contributed by atoms with E-state index in [9.17, 15) is 0 Å². The van der Waals surface area contributed by atoms with E-state index in [0.717, 1.165) is 32.0 Å². The molecule has 0 radical (unpaired) electrons. The van der Waals surface area contributed by atoms with E-state index >= 15 is 0 Å². The van der Waals surface area contributed by atoms with Crippen molar-refractivity contribution in [2.24, 2.45) is 5.92 Å². The maximum atomic E-state index is 3.46. The van der Waals surface area contributed by atoms with Gasteiger partial charge in [-0.15, -0.1) is 0 Å². The highest BCUT2D eigenvalue weighted by Crippen LogP contribution is 2.30. The summed E-state index contributed by atoms with van der Waals surface area (Å²) >= 11 is 0. The molecule has 1 aliphatic rings. The van der Waals surface area contributed by atoms with E-state index in [2.05, 4.69) is 48.3 Å². The minimum atomic E-state index is 0.985. The van der Waals surface area contributed by atoms with Crippen molar-refractivity contribution in [3.8, 4) is 0 Å². The van der Waals surface area contributed by atoms with Crippen molar-refractivity contribution in [1.29, 1.82) is 0 Å². The van der Waals surface area contributed by atoms with Crippen molar-refractivity contribution in [2.45, 2.75) is 46.1 Å². The molecule has 1 saturated carbocycles. The molecule has 1 N–H and O–H groups in total. The Morgan fingerprint density at radius 3 is 2.35 bits per heavy atom. The molecule has 2 rings (SSSR count). The van der Waals surface area contributed by atoms with Gasteiger partial charge in [0.05, 0.1) is 0 Å². The van der Waals surface area contributed by atoms with Gasteiger partial charge in [-0.2, -0.15) is 0 Å². The molecule has 1 aromatic rings. The topological polar surface area (TPSA) is 15.3 Å². The second kappa shape index (κ2) is 8.43. The summed E-state index contributed by atoms with van der Waals surface area (Å²) in [5.74, 6) is 0.985. The molecular weight excluding hydrogens is 244 g/mol. The van der Waals surface area contributed by atoms with Crippen LogP contribution in [0.25, 0.3) is 0 Å². The second-order valence-electron chi connectivity index (χ2n) is 6.09. The first-order valence-corrected chi connectivity index (χ1v) is 8.32. The van der Waals surface area contributed by atoms with Crippen molar-refractivity contribution in [3.63, 3.8) is 0 Å². The maximum Gasteiger partial charge on any atom is 0.0233 e. The molecule has 0 saturated heterocycles. The van der Waals surface area contributed by atoms with Gasteiger partial charge in [0.2, 0.25) is 0 Å². The highest BCUT2D eigenvalue weighted by Gasteiger charge is 2.23. The van der Waals surface area contributed by atoms with E-state index in [4.69, 9.17) is 0 Å². The SMILES string of the molecule is CCCNCCc1ccc(CN(CC)CC2CC2)cc1. The predicted molar refractivity (Wildman–Crippen MR) is 87.0 cm³/mol. The second-order valence-corrected chi connectivity index (χ2v) is 6.09. The molecule has 112 valence electrons. The van der Waals surface area contributed by atoms with E-state index in [0.29, 0.717) is 0 Å². The van der Waals surface area contributed by atoms with Crippen molar-refractivity contribution in [3.05, 3.63) is 35.4 Å². The lowest BCUT2D eigenvalue weighted by Crippen LogP contribution is -2.25. The molecule has 0 unspecified atom stereocenters. The number of benzene rings is 1. The van der Waals surface area contributed by atoms with Crippen LogP contribution >= 0.6 is 0 Å². The molecule has 0 bridgehead atoms. The molecule has 1 fully saturated rings. The Balaban J connectivity index is 1.74. The maximum absolute atomic E-state index is 3.46. The van der Waals surface area contributed by atoms with E-state index < -0.39 is 0 Å². The van der Waals surface area contributed by atoms with Gasteiger partial charge in [0, 0.05) is 13.1 Å². The zero-order valence-corrected chi connectivity index (χ0v) is 13.2. The molecular formula is C18H30N2. The van der Waals surface area contributed by atoms with Crippen LogP contribution in [-0.2, 0) is 13.0 Å². The molecule has 1 aliphatic carbocycles. The molecule has 0 heterocycles. The summed E-state index contributed by atoms with van der Waals surface area (Å²) in [6.07, 6.45) is 5.24. The van der Waals surface area contributed by atoms with E-state index in [1.54, 1.807) is 0 Å². The van der Waals surface area contributed by atoms with Crippen molar-refractivity contribution >= 4 is 0 Å². The fourth-order valence-corrected chi connectivity index (χ4v) is 2.58. The van der Waals surface area contributed by atoms with Crippen molar-refractivity contribution in [1.82, 2.24) is 10.2 Å². The minimum absolute atomic E-state index is 0.985. The van der Waals surface area contributed by atoms with Crippen LogP contribution in [-0.4, -0.2) is 31.1 Å². The van der Waals surface area contributed by atoms with Crippen molar-refractivity contribution < 1.29 is 0 Å². The Labute approximate surface area is 124 Å². The van der Waals surface area contributed by atoms with Crippen LogP contribution in [0.3, 0.4) is 0 Å². The van der Waals surface area contributed by atoms with Gasteiger partial charge in [-0.25, -0.2) is 0 Å². The zero-order chi connectivity index (χ0) is 14.2. The number of nitrogens with one attached hydrogen (secondary N) is 1. The van der Waals surface area contributed by atoms with Crippen LogP contribution in [0.1, 0.15) is 44.2 Å². The molecule has 0 amide bonds. The Morgan fingerprint density at radius 2 is 1.75 bits per heavy atom. The summed E-state index contributed by atoms with van der Waals surface area (Å²) < 4.78 is 0. The summed E-state index contributed by atoms with van der Waals surface area (Å²) in [6.45, 7) is 10.3. The molecule has 2 heteroatoms. The van der Waals surface area contributed by atoms with Crippen LogP contribution in [0.15, 0.2) is 24.3 Å². The third-order valence-electron chi connectivity index (χ3n) is 4.11. The van der Waals surface area contributed by atoms with Gasteiger partial charge in [-0.1, -0.05) is 38.1 Å². The lowest BCUT2D eigenvalue weighted by Gasteiger charge is -2.20. The first kappa shape index (κ1) is 15.5. The number of nitrogens with zero attached hydrogens (tertiary/aromatic N) is 1. The van der Waals surface area contributed by atoms with Crippen LogP contribution in [0.4, 0.5) is 0 Å². The van der Waals surface area contributed by atoms with E-state index in [1.807, 2.05) is 0 Å². The summed E-state index contributed by atoms with van der Waals surface area (Å²) in [5, 5.41) is 3.46. The fraction of sp³-hybridized carbons (Fsp3) is 0.667. The summed E-state index contributed by atoms with van der Waals surface area (Å²) in [6, 6.07) is 9.22. The van der Waals surface area contributed by atoms with E-state index in [-0.39, 0.29) is 0 Å². The van der Waals surface area contributed by atoms with Crippen LogP contribution in [0.2, 0.25) is 0 Å². The van der Waals surface area contributed by atoms with Gasteiger partial charge in [-0.3, -0.25) is 4.90 Å². The number of hydrogen-bond acceptors (Lipinski definition) is 2. The summed E-state index contributed by atoms with van der Waals surface area (Å²) in [4.78, 5) is 2.58. The molecule has 2 nitrogen and oxygen atoms in total. The Bertz CT molecular complexity index is 368. The van der Waals surface area contributed by atoms with Gasteiger partial charge in [0.15, 0.2) is 0 Å². The lowest BCUT2D eigenvalue weighted by molar-refractivity contribution is 0.268. The van der Waals surface area contributed by atoms with Crippen LogP contribution < -0.4 is 5.32 Å². The average Bonchev–Trinajstić information content (AvgIpc) is 3.28. The van der Waals surface area contributed by atoms with Gasteiger partial charge in [0.25, 0.3) is 0 Å². The third-order valence-corrected chi connectivity index (χ3v) is 4.11. The molecule has 1 aromatic carbocycles. The molecule has 20 heavy (non-hydrogen) atoms. The summed E-state index contributed by atoms with van der Waals surface area (Å²) in [7, 11) is 0. The molecule has 0 aromatic heterocycles. The highest BCUT2D eigenvalue weighted by atomic mass is 15.1. The van der Waals surface area contributed by atoms with E-state index in [1.165, 1.54) is 43.5 Å².